The van der Waals surface area contributed by atoms with Crippen molar-refractivity contribution >= 4 is 44.8 Å². The van der Waals surface area contributed by atoms with Gasteiger partial charge in [0.25, 0.3) is 15.9 Å². The Morgan fingerprint density at radius 3 is 2.32 bits per heavy atom. The molecule has 196 valence electrons. The molecule has 0 aromatic heterocycles. The monoisotopic (exact) mass is 561 g/mol. The maximum Gasteiger partial charge on any atom is 0.295 e. The second-order valence-electron chi connectivity index (χ2n) is 8.77. The number of hydrogen-bond donors (Lipinski definition) is 1. The Morgan fingerprint density at radius 2 is 1.65 bits per heavy atom. The van der Waals surface area contributed by atoms with E-state index in [0.717, 1.165) is 30.5 Å². The summed E-state index contributed by atoms with van der Waals surface area (Å²) >= 11 is 12.2. The van der Waals surface area contributed by atoms with E-state index in [1.54, 1.807) is 36.4 Å². The minimum Gasteiger partial charge on any atom is -0.363 e. The first-order valence-electron chi connectivity index (χ1n) is 12.2. The average Bonchev–Trinajstić information content (AvgIpc) is 2.91. The first-order chi connectivity index (χ1) is 17.8. The largest absolute Gasteiger partial charge is 0.363 e. The highest BCUT2D eigenvalue weighted by Crippen LogP contribution is 2.32. The van der Waals surface area contributed by atoms with Crippen LogP contribution in [0, 0.1) is 0 Å². The number of likely N-dealkylation sites (tertiary alicyclic amines) is 1. The van der Waals surface area contributed by atoms with E-state index in [4.69, 9.17) is 28.0 Å². The lowest BCUT2D eigenvalue weighted by Crippen LogP contribution is -2.34. The van der Waals surface area contributed by atoms with E-state index in [1.807, 2.05) is 0 Å². The highest BCUT2D eigenvalue weighted by Gasteiger charge is 2.28. The van der Waals surface area contributed by atoms with Crippen molar-refractivity contribution in [3.05, 3.63) is 88.4 Å². The lowest BCUT2D eigenvalue weighted by Gasteiger charge is -2.26. The summed E-state index contributed by atoms with van der Waals surface area (Å²) in [6.45, 7) is 3.77. The van der Waals surface area contributed by atoms with E-state index in [0.29, 0.717) is 17.1 Å². The molecule has 0 spiro atoms. The molecule has 1 fully saturated rings. The molecule has 0 bridgehead atoms. The summed E-state index contributed by atoms with van der Waals surface area (Å²) in [6.07, 6.45) is 4.64. The molecule has 3 aromatic carbocycles. The number of nitrogens with zero attached hydrogens (tertiary/aromatic N) is 2. The molecule has 1 aliphatic rings. The fraction of sp³-hybridized carbons (Fsp3) is 0.296. The van der Waals surface area contributed by atoms with Crippen molar-refractivity contribution in [1.82, 2.24) is 10.2 Å². The number of piperidine rings is 1. The zero-order chi connectivity index (χ0) is 26.3. The van der Waals surface area contributed by atoms with E-state index in [-0.39, 0.29) is 27.3 Å². The van der Waals surface area contributed by atoms with E-state index in [2.05, 4.69) is 10.2 Å². The van der Waals surface area contributed by atoms with E-state index < -0.39 is 10.0 Å². The summed E-state index contributed by atoms with van der Waals surface area (Å²) in [5, 5.41) is 3.47. The molecule has 0 radical (unpaired) electrons. The highest BCUT2D eigenvalue weighted by atomic mass is 35.5. The summed E-state index contributed by atoms with van der Waals surface area (Å²) in [4.78, 5) is 20.7. The molecule has 1 aliphatic heterocycles. The van der Waals surface area contributed by atoms with Gasteiger partial charge in [0.1, 0.15) is 0 Å². The van der Waals surface area contributed by atoms with Crippen molar-refractivity contribution in [3.8, 4) is 5.75 Å². The number of anilines is 1. The van der Waals surface area contributed by atoms with Gasteiger partial charge >= 0.3 is 0 Å². The number of carbonyl (C=O) groups is 1. The lowest BCUT2D eigenvalue weighted by molar-refractivity contribution is 0.0951. The molecule has 1 saturated heterocycles. The topological polar surface area (TPSA) is 79.0 Å². The predicted octanol–water partition coefficient (Wildman–Crippen LogP) is 5.79. The highest BCUT2D eigenvalue weighted by molar-refractivity contribution is 7.92. The fourth-order valence-corrected chi connectivity index (χ4v) is 5.78. The number of hydrogen-bond acceptors (Lipinski definition) is 5. The first-order valence-corrected chi connectivity index (χ1v) is 14.4. The molecular weight excluding hydrogens is 533 g/mol. The smallest absolute Gasteiger partial charge is 0.295 e. The molecule has 1 heterocycles. The average molecular weight is 563 g/mol. The molecule has 0 saturated carbocycles. The van der Waals surface area contributed by atoms with Gasteiger partial charge < -0.3 is 15.1 Å². The maximum atomic E-state index is 13.6. The van der Waals surface area contributed by atoms with Gasteiger partial charge in [0, 0.05) is 17.1 Å². The Morgan fingerprint density at radius 1 is 0.946 bits per heavy atom. The number of halogens is 2. The van der Waals surface area contributed by atoms with Crippen LogP contribution in [-0.4, -0.2) is 45.4 Å². The van der Waals surface area contributed by atoms with Crippen molar-refractivity contribution in [2.75, 3.05) is 30.6 Å². The van der Waals surface area contributed by atoms with E-state index in [1.165, 1.54) is 55.7 Å². The Labute approximate surface area is 227 Å². The fourth-order valence-electron chi connectivity index (χ4n) is 4.09. The summed E-state index contributed by atoms with van der Waals surface area (Å²) in [5.41, 5.74) is 0.661. The minimum absolute atomic E-state index is 0.0388. The number of sulfonamides is 1. The van der Waals surface area contributed by atoms with Crippen LogP contribution >= 0.6 is 23.2 Å². The molecule has 10 heteroatoms. The number of nitrogens with one attached hydrogen (secondary N) is 1. The van der Waals surface area contributed by atoms with Crippen LogP contribution < -0.4 is 14.6 Å². The Hall–Kier alpha value is -2.78. The molecule has 0 aliphatic carbocycles. The van der Waals surface area contributed by atoms with Crippen molar-refractivity contribution in [2.45, 2.75) is 30.6 Å². The van der Waals surface area contributed by atoms with Gasteiger partial charge in [-0.2, -0.15) is 8.42 Å². The van der Waals surface area contributed by atoms with Gasteiger partial charge in [-0.05, 0) is 93.5 Å². The van der Waals surface area contributed by atoms with Crippen molar-refractivity contribution in [3.63, 3.8) is 0 Å². The van der Waals surface area contributed by atoms with Crippen molar-refractivity contribution in [1.29, 1.82) is 0 Å². The molecule has 7 nitrogen and oxygen atoms in total. The third-order valence-corrected chi connectivity index (χ3v) is 8.18. The standard InChI is InChI=1S/C27H29Cl2N3O4S/c28-22-12-15-26(25(29)20-22)36-32(23-8-3-1-4-9-23)37(34,35)24-13-10-21(11-14-24)27(33)30-16-7-19-31-17-5-2-6-18-31/h1,3-4,8-15,20H,2,5-7,16-19H2,(H,30,33). The minimum atomic E-state index is -4.17. The van der Waals surface area contributed by atoms with Crippen LogP contribution in [0.25, 0.3) is 0 Å². The zero-order valence-corrected chi connectivity index (χ0v) is 22.6. The molecule has 3 aromatic rings. The van der Waals surface area contributed by atoms with Gasteiger partial charge in [-0.1, -0.05) is 52.3 Å². The molecular formula is C27H29Cl2N3O4S. The molecule has 0 unspecified atom stereocenters. The second kappa shape index (κ2) is 12.6. The van der Waals surface area contributed by atoms with Crippen LogP contribution in [0.1, 0.15) is 36.0 Å². The van der Waals surface area contributed by atoms with Gasteiger partial charge in [0.05, 0.1) is 15.6 Å². The number of carbonyl (C=O) groups excluding carboxylic acids is 1. The number of rotatable bonds is 10. The molecule has 0 atom stereocenters. The molecule has 4 rings (SSSR count). The Bertz CT molecular complexity index is 1300. The summed E-state index contributed by atoms with van der Waals surface area (Å²) in [7, 11) is -4.17. The van der Waals surface area contributed by atoms with E-state index in [9.17, 15) is 13.2 Å². The number of amides is 1. The quantitative estimate of drug-likeness (QED) is 0.250. The SMILES string of the molecule is O=C(NCCCN1CCCCC1)c1ccc(S(=O)(=O)N(Oc2ccc(Cl)cc2Cl)c2ccccc2)cc1. The van der Waals surface area contributed by atoms with Crippen molar-refractivity contribution < 1.29 is 18.0 Å². The van der Waals surface area contributed by atoms with Gasteiger partial charge in [0.15, 0.2) is 5.75 Å². The van der Waals surface area contributed by atoms with Gasteiger partial charge in [-0.15, -0.1) is 0 Å². The second-order valence-corrected chi connectivity index (χ2v) is 11.4. The lowest BCUT2D eigenvalue weighted by atomic mass is 10.1. The Balaban J connectivity index is 1.45. The van der Waals surface area contributed by atoms with Crippen LogP contribution in [0.4, 0.5) is 5.69 Å². The summed E-state index contributed by atoms with van der Waals surface area (Å²) in [5.74, 6) is -0.120. The summed E-state index contributed by atoms with van der Waals surface area (Å²) in [6, 6.07) is 18.6. The van der Waals surface area contributed by atoms with Crippen molar-refractivity contribution in [2.24, 2.45) is 0 Å². The maximum absolute atomic E-state index is 13.6. The van der Waals surface area contributed by atoms with Crippen LogP contribution in [-0.2, 0) is 10.0 Å². The third-order valence-electron chi connectivity index (χ3n) is 6.06. The molecule has 1 amide bonds. The first kappa shape index (κ1) is 27.3. The van der Waals surface area contributed by atoms with Gasteiger partial charge in [0.2, 0.25) is 0 Å². The Kier molecular flexibility index (Phi) is 9.32. The van der Waals surface area contributed by atoms with Crippen LogP contribution in [0.3, 0.4) is 0 Å². The van der Waals surface area contributed by atoms with Crippen LogP contribution in [0.5, 0.6) is 5.75 Å². The van der Waals surface area contributed by atoms with Crippen LogP contribution in [0.15, 0.2) is 77.7 Å². The van der Waals surface area contributed by atoms with E-state index >= 15 is 0 Å². The zero-order valence-electron chi connectivity index (χ0n) is 20.3. The number of para-hydroxylation sites is 1. The predicted molar refractivity (Wildman–Crippen MR) is 147 cm³/mol. The molecule has 1 N–H and O–H groups in total. The molecule has 37 heavy (non-hydrogen) atoms. The summed E-state index contributed by atoms with van der Waals surface area (Å²) < 4.78 is 28.0. The normalized spacial score (nSPS) is 14.2. The van der Waals surface area contributed by atoms with Gasteiger partial charge in [-0.3, -0.25) is 4.79 Å². The number of benzene rings is 3. The van der Waals surface area contributed by atoms with Gasteiger partial charge in [-0.25, -0.2) is 0 Å². The third kappa shape index (κ3) is 7.17. The van der Waals surface area contributed by atoms with Crippen LogP contribution in [0.2, 0.25) is 10.0 Å².